The second-order valence-corrected chi connectivity index (χ2v) is 9.22. The molecule has 1 saturated heterocycles. The Balaban J connectivity index is 1.32. The minimum atomic E-state index is -0.122. The van der Waals surface area contributed by atoms with E-state index in [2.05, 4.69) is 43.9 Å². The Hall–Kier alpha value is -3.55. The zero-order chi connectivity index (χ0) is 23.0. The van der Waals surface area contributed by atoms with Gasteiger partial charge in [-0.05, 0) is 30.9 Å². The van der Waals surface area contributed by atoms with E-state index in [0.717, 1.165) is 47.2 Å². The van der Waals surface area contributed by atoms with Crippen molar-refractivity contribution in [2.24, 2.45) is 0 Å². The Morgan fingerprint density at radius 2 is 2.09 bits per heavy atom. The minimum absolute atomic E-state index is 0.00194. The van der Waals surface area contributed by atoms with Crippen molar-refractivity contribution in [3.63, 3.8) is 0 Å². The van der Waals surface area contributed by atoms with Crippen molar-refractivity contribution in [1.82, 2.24) is 25.6 Å². The van der Waals surface area contributed by atoms with Gasteiger partial charge in [-0.2, -0.15) is 0 Å². The van der Waals surface area contributed by atoms with Crippen LogP contribution in [-0.4, -0.2) is 45.9 Å². The number of aromatic nitrogens is 3. The molecule has 2 fully saturated rings. The summed E-state index contributed by atoms with van der Waals surface area (Å²) in [6.07, 6.45) is 6.79. The number of benzene rings is 1. The molecule has 8 nitrogen and oxygen atoms in total. The zero-order valence-corrected chi connectivity index (χ0v) is 18.9. The van der Waals surface area contributed by atoms with Crippen LogP contribution in [0.2, 0.25) is 0 Å². The fourth-order valence-electron chi connectivity index (χ4n) is 4.84. The molecule has 3 heterocycles. The molecule has 1 aliphatic heterocycles. The number of anilines is 1. The van der Waals surface area contributed by atoms with Crippen molar-refractivity contribution in [3.05, 3.63) is 59.7 Å². The quantitative estimate of drug-likeness (QED) is 0.539. The second kappa shape index (κ2) is 8.42. The third-order valence-electron chi connectivity index (χ3n) is 6.83. The van der Waals surface area contributed by atoms with E-state index in [0.29, 0.717) is 18.5 Å². The number of carbonyl (C=O) groups excluding carboxylic acids is 2. The van der Waals surface area contributed by atoms with Crippen LogP contribution in [0.4, 0.5) is 5.82 Å². The number of rotatable bonds is 6. The fourth-order valence-corrected chi connectivity index (χ4v) is 4.84. The molecule has 2 atom stereocenters. The van der Waals surface area contributed by atoms with Crippen LogP contribution in [0.3, 0.4) is 0 Å². The van der Waals surface area contributed by atoms with Gasteiger partial charge in [-0.15, -0.1) is 0 Å². The lowest BCUT2D eigenvalue weighted by atomic mass is 9.87. The van der Waals surface area contributed by atoms with E-state index in [1.54, 1.807) is 25.6 Å². The molecule has 0 radical (unpaired) electrons. The van der Waals surface area contributed by atoms with Crippen LogP contribution in [0.15, 0.2) is 42.9 Å². The van der Waals surface area contributed by atoms with Crippen molar-refractivity contribution in [1.29, 1.82) is 0 Å². The van der Waals surface area contributed by atoms with E-state index in [9.17, 15) is 9.59 Å². The first-order chi connectivity index (χ1) is 16.0. The summed E-state index contributed by atoms with van der Waals surface area (Å²) in [6.45, 7) is 2.77. The van der Waals surface area contributed by atoms with E-state index in [1.807, 2.05) is 18.2 Å². The number of piperidine rings is 1. The van der Waals surface area contributed by atoms with Crippen LogP contribution in [0.5, 0.6) is 0 Å². The molecule has 2 amide bonds. The Morgan fingerprint density at radius 1 is 1.24 bits per heavy atom. The van der Waals surface area contributed by atoms with Gasteiger partial charge in [0.1, 0.15) is 12.1 Å². The van der Waals surface area contributed by atoms with Gasteiger partial charge in [-0.1, -0.05) is 25.1 Å². The number of hydrogen-bond acceptors (Lipinski definition) is 6. The summed E-state index contributed by atoms with van der Waals surface area (Å²) in [5.41, 5.74) is 3.44. The number of nitrogens with zero attached hydrogens (tertiary/aromatic N) is 3. The largest absolute Gasteiger partial charge is 0.369 e. The van der Waals surface area contributed by atoms with Gasteiger partial charge in [-0.25, -0.2) is 9.97 Å². The summed E-state index contributed by atoms with van der Waals surface area (Å²) < 4.78 is 0. The molecule has 1 spiro atoms. The van der Waals surface area contributed by atoms with Crippen LogP contribution in [0, 0.1) is 0 Å². The number of pyridine rings is 1. The summed E-state index contributed by atoms with van der Waals surface area (Å²) in [6, 6.07) is 9.66. The summed E-state index contributed by atoms with van der Waals surface area (Å²) in [7, 11) is 1.63. The van der Waals surface area contributed by atoms with Crippen molar-refractivity contribution in [3.8, 4) is 0 Å². The molecule has 33 heavy (non-hydrogen) atoms. The van der Waals surface area contributed by atoms with Gasteiger partial charge < -0.3 is 16.0 Å². The van der Waals surface area contributed by atoms with Crippen molar-refractivity contribution < 1.29 is 9.59 Å². The van der Waals surface area contributed by atoms with Crippen LogP contribution in [0.25, 0.3) is 10.9 Å². The van der Waals surface area contributed by atoms with Gasteiger partial charge >= 0.3 is 0 Å². The first kappa shape index (κ1) is 21.3. The highest BCUT2D eigenvalue weighted by molar-refractivity contribution is 6.06. The van der Waals surface area contributed by atoms with E-state index in [4.69, 9.17) is 0 Å². The molecule has 2 aliphatic rings. The Morgan fingerprint density at radius 3 is 2.88 bits per heavy atom. The molecule has 8 heteroatoms. The Kier molecular flexibility index (Phi) is 5.44. The predicted octanol–water partition coefficient (Wildman–Crippen LogP) is 3.13. The van der Waals surface area contributed by atoms with Crippen molar-refractivity contribution >= 4 is 28.5 Å². The van der Waals surface area contributed by atoms with E-state index in [1.165, 1.54) is 0 Å². The van der Waals surface area contributed by atoms with Gasteiger partial charge in [0.05, 0.1) is 11.1 Å². The van der Waals surface area contributed by atoms with Crippen molar-refractivity contribution in [2.45, 2.75) is 50.0 Å². The molecule has 2 aromatic heterocycles. The number of para-hydroxylation sites is 1. The second-order valence-electron chi connectivity index (χ2n) is 9.22. The first-order valence-corrected chi connectivity index (χ1v) is 11.4. The number of hydrogen-bond donors (Lipinski definition) is 3. The lowest BCUT2D eigenvalue weighted by Gasteiger charge is -2.29. The zero-order valence-electron chi connectivity index (χ0n) is 18.9. The SMILES string of the molecule is CNC(=O)c1ccnc2c([C@H](C)CNc3cc(C4CC(=O)NC5(CC5)C4)ncn3)cccc12. The van der Waals surface area contributed by atoms with Gasteiger partial charge in [-0.3, -0.25) is 14.6 Å². The summed E-state index contributed by atoms with van der Waals surface area (Å²) in [5, 5.41) is 10.1. The third-order valence-corrected chi connectivity index (χ3v) is 6.83. The molecule has 170 valence electrons. The van der Waals surface area contributed by atoms with E-state index in [-0.39, 0.29) is 29.2 Å². The molecule has 1 aliphatic carbocycles. The smallest absolute Gasteiger partial charge is 0.251 e. The fraction of sp³-hybridized carbons (Fsp3) is 0.400. The molecular weight excluding hydrogens is 416 g/mol. The molecule has 3 N–H and O–H groups in total. The molecule has 1 aromatic carbocycles. The highest BCUT2D eigenvalue weighted by atomic mass is 16.2. The number of amides is 2. The minimum Gasteiger partial charge on any atom is -0.369 e. The number of carbonyl (C=O) groups is 2. The lowest BCUT2D eigenvalue weighted by Crippen LogP contribution is -2.43. The van der Waals surface area contributed by atoms with Crippen LogP contribution in [0.1, 0.15) is 66.1 Å². The van der Waals surface area contributed by atoms with Crippen LogP contribution < -0.4 is 16.0 Å². The average Bonchev–Trinajstić information content (AvgIpc) is 3.58. The first-order valence-electron chi connectivity index (χ1n) is 11.4. The Labute approximate surface area is 192 Å². The average molecular weight is 445 g/mol. The predicted molar refractivity (Wildman–Crippen MR) is 126 cm³/mol. The van der Waals surface area contributed by atoms with Crippen LogP contribution in [-0.2, 0) is 4.79 Å². The summed E-state index contributed by atoms with van der Waals surface area (Å²) in [5.74, 6) is 1.01. The molecule has 5 rings (SSSR count). The summed E-state index contributed by atoms with van der Waals surface area (Å²) >= 11 is 0. The van der Waals surface area contributed by atoms with E-state index < -0.39 is 0 Å². The maximum Gasteiger partial charge on any atom is 0.251 e. The number of nitrogens with one attached hydrogen (secondary N) is 3. The molecular formula is C25H28N6O2. The van der Waals surface area contributed by atoms with Crippen molar-refractivity contribution in [2.75, 3.05) is 18.9 Å². The summed E-state index contributed by atoms with van der Waals surface area (Å²) in [4.78, 5) is 37.8. The van der Waals surface area contributed by atoms with Gasteiger partial charge in [0.25, 0.3) is 5.91 Å². The maximum atomic E-state index is 12.3. The van der Waals surface area contributed by atoms with E-state index >= 15 is 0 Å². The molecule has 1 unspecified atom stereocenters. The van der Waals surface area contributed by atoms with Crippen LogP contribution >= 0.6 is 0 Å². The molecule has 3 aromatic rings. The third kappa shape index (κ3) is 4.25. The monoisotopic (exact) mass is 444 g/mol. The highest BCUT2D eigenvalue weighted by Crippen LogP contribution is 2.47. The standard InChI is InChI=1S/C25H28N6O2/c1-15(17-4-3-5-18-19(24(33)26-2)6-9-27-23(17)18)13-28-21-11-20(29-14-30-21)16-10-22(32)31-25(12-16)7-8-25/h3-6,9,11,14-16H,7-8,10,12-13H2,1-2H3,(H,26,33)(H,31,32)(H,28,29,30)/t15-,16?/m1/s1. The van der Waals surface area contributed by atoms with Gasteiger partial charge in [0.15, 0.2) is 0 Å². The van der Waals surface area contributed by atoms with Gasteiger partial charge in [0, 0.05) is 60.7 Å². The van der Waals surface area contributed by atoms with Gasteiger partial charge in [0.2, 0.25) is 5.91 Å². The number of fused-ring (bicyclic) bond motifs is 1. The maximum absolute atomic E-state index is 12.3. The Bertz CT molecular complexity index is 1220. The normalized spacial score (nSPS) is 19.7. The molecule has 0 bridgehead atoms. The molecule has 1 saturated carbocycles. The topological polar surface area (TPSA) is 109 Å². The highest BCUT2D eigenvalue weighted by Gasteiger charge is 2.49. The lowest BCUT2D eigenvalue weighted by molar-refractivity contribution is -0.124.